The highest BCUT2D eigenvalue weighted by molar-refractivity contribution is 14.0. The van der Waals surface area contributed by atoms with E-state index >= 15 is 0 Å². The minimum absolute atomic E-state index is 0. The molecule has 2 aromatic rings. The van der Waals surface area contributed by atoms with Crippen LogP contribution in [0, 0.1) is 6.92 Å². The Morgan fingerprint density at radius 1 is 1.17 bits per heavy atom. The molecule has 0 spiro atoms. The molecule has 2 N–H and O–H groups in total. The number of aryl methyl sites for hydroxylation is 1. The minimum Gasteiger partial charge on any atom is -0.493 e. The fourth-order valence-corrected chi connectivity index (χ4v) is 2.81. The molecule has 0 aliphatic carbocycles. The third-order valence-electron chi connectivity index (χ3n) is 4.22. The van der Waals surface area contributed by atoms with Gasteiger partial charge in [0.2, 0.25) is 0 Å². The highest BCUT2D eigenvalue weighted by Crippen LogP contribution is 2.21. The van der Waals surface area contributed by atoms with Crippen molar-refractivity contribution in [1.29, 1.82) is 0 Å². The number of ether oxygens (including phenoxy) is 2. The zero-order valence-electron chi connectivity index (χ0n) is 17.9. The van der Waals surface area contributed by atoms with Crippen LogP contribution < -0.4 is 15.4 Å². The van der Waals surface area contributed by atoms with Crippen molar-refractivity contribution in [3.63, 3.8) is 0 Å². The van der Waals surface area contributed by atoms with Crippen LogP contribution in [0.1, 0.15) is 30.0 Å². The molecule has 166 valence electrons. The summed E-state index contributed by atoms with van der Waals surface area (Å²) in [4.78, 5) is 8.83. The van der Waals surface area contributed by atoms with E-state index in [-0.39, 0.29) is 24.0 Å². The number of hydrogen-bond donors (Lipinski definition) is 2. The number of nitrogens with zero attached hydrogens (tertiary/aromatic N) is 2. The second-order valence-corrected chi connectivity index (χ2v) is 7.05. The summed E-state index contributed by atoms with van der Waals surface area (Å²) in [5, 5.41) is 7.16. The van der Waals surface area contributed by atoms with Crippen LogP contribution >= 0.6 is 35.6 Å². The van der Waals surface area contributed by atoms with Crippen molar-refractivity contribution in [3.8, 4) is 5.75 Å². The molecule has 0 saturated carbocycles. The maximum Gasteiger partial charge on any atom is 0.191 e. The summed E-state index contributed by atoms with van der Waals surface area (Å²) in [5.74, 6) is 1.66. The van der Waals surface area contributed by atoms with E-state index < -0.39 is 0 Å². The number of rotatable bonds is 11. The molecular formula is C22H32ClIN4O2. The average molecular weight is 547 g/mol. The van der Waals surface area contributed by atoms with Gasteiger partial charge in [-0.15, -0.1) is 24.0 Å². The Hall–Kier alpha value is -1.58. The second-order valence-electron chi connectivity index (χ2n) is 6.67. The van der Waals surface area contributed by atoms with Gasteiger partial charge in [0, 0.05) is 45.0 Å². The monoisotopic (exact) mass is 546 g/mol. The second kappa shape index (κ2) is 15.3. The Kier molecular flexibility index (Phi) is 13.5. The van der Waals surface area contributed by atoms with Crippen LogP contribution in [-0.4, -0.2) is 44.4 Å². The lowest BCUT2D eigenvalue weighted by atomic mass is 10.1. The third kappa shape index (κ3) is 9.95. The number of pyridine rings is 1. The van der Waals surface area contributed by atoms with Crippen LogP contribution in [0.4, 0.5) is 0 Å². The quantitative estimate of drug-likeness (QED) is 0.144. The van der Waals surface area contributed by atoms with Gasteiger partial charge in [-0.25, -0.2) is 9.98 Å². The van der Waals surface area contributed by atoms with Crippen molar-refractivity contribution < 1.29 is 9.47 Å². The lowest BCUT2D eigenvalue weighted by molar-refractivity contribution is 0.172. The number of hydrogen-bond acceptors (Lipinski definition) is 4. The van der Waals surface area contributed by atoms with Gasteiger partial charge in [0.05, 0.1) is 13.2 Å². The predicted molar refractivity (Wildman–Crippen MR) is 134 cm³/mol. The Morgan fingerprint density at radius 2 is 2.00 bits per heavy atom. The number of halogens is 2. The SMILES string of the molecule is CCNC(=NCc1ccc(C)cc1OCCCOC)NCCc1ccc(Cl)nc1.I. The Bertz CT molecular complexity index is 772. The number of aliphatic imine (C=N–C) groups is 1. The lowest BCUT2D eigenvalue weighted by Gasteiger charge is -2.14. The van der Waals surface area contributed by atoms with Gasteiger partial charge in [0.15, 0.2) is 5.96 Å². The first-order valence-corrected chi connectivity index (χ1v) is 10.3. The molecule has 0 aliphatic rings. The van der Waals surface area contributed by atoms with E-state index in [9.17, 15) is 0 Å². The van der Waals surface area contributed by atoms with Crippen molar-refractivity contribution in [3.05, 3.63) is 58.4 Å². The van der Waals surface area contributed by atoms with E-state index in [0.29, 0.717) is 24.9 Å². The topological polar surface area (TPSA) is 67.8 Å². The van der Waals surface area contributed by atoms with Gasteiger partial charge in [-0.3, -0.25) is 0 Å². The number of methoxy groups -OCH3 is 1. The normalized spacial score (nSPS) is 11.0. The summed E-state index contributed by atoms with van der Waals surface area (Å²) in [7, 11) is 1.70. The summed E-state index contributed by atoms with van der Waals surface area (Å²) in [6, 6.07) is 10.0. The fraction of sp³-hybridized carbons (Fsp3) is 0.455. The average Bonchev–Trinajstić information content (AvgIpc) is 2.72. The fourth-order valence-electron chi connectivity index (χ4n) is 2.70. The molecule has 0 atom stereocenters. The molecule has 30 heavy (non-hydrogen) atoms. The van der Waals surface area contributed by atoms with Crippen LogP contribution in [0.25, 0.3) is 0 Å². The van der Waals surface area contributed by atoms with Crippen molar-refractivity contribution in [2.45, 2.75) is 33.2 Å². The Morgan fingerprint density at radius 3 is 2.70 bits per heavy atom. The van der Waals surface area contributed by atoms with Gasteiger partial charge >= 0.3 is 0 Å². The van der Waals surface area contributed by atoms with Crippen molar-refractivity contribution in [2.24, 2.45) is 4.99 Å². The molecule has 0 saturated heterocycles. The van der Waals surface area contributed by atoms with Crippen LogP contribution in [-0.2, 0) is 17.7 Å². The largest absolute Gasteiger partial charge is 0.493 e. The van der Waals surface area contributed by atoms with E-state index in [1.807, 2.05) is 12.1 Å². The molecule has 2 rings (SSSR count). The van der Waals surface area contributed by atoms with E-state index in [0.717, 1.165) is 48.8 Å². The molecule has 6 nitrogen and oxygen atoms in total. The number of guanidine groups is 1. The van der Waals surface area contributed by atoms with Gasteiger partial charge in [0.1, 0.15) is 10.9 Å². The van der Waals surface area contributed by atoms with Crippen molar-refractivity contribution in [2.75, 3.05) is 33.4 Å². The molecule has 8 heteroatoms. The van der Waals surface area contributed by atoms with Crippen molar-refractivity contribution >= 4 is 41.5 Å². The van der Waals surface area contributed by atoms with Crippen LogP contribution in [0.3, 0.4) is 0 Å². The van der Waals surface area contributed by atoms with Gasteiger partial charge in [-0.2, -0.15) is 0 Å². The van der Waals surface area contributed by atoms with Crippen molar-refractivity contribution in [1.82, 2.24) is 15.6 Å². The van der Waals surface area contributed by atoms with E-state index in [4.69, 9.17) is 26.1 Å². The number of aromatic nitrogens is 1. The standard InChI is InChI=1S/C22H31ClN4O2.HI/c1-4-24-22(25-11-10-18-7-9-21(23)26-15-18)27-16-19-8-6-17(2)14-20(19)29-13-5-12-28-3;/h6-9,14-15H,4-5,10-13,16H2,1-3H3,(H2,24,25,27);1H. The van der Waals surface area contributed by atoms with Gasteiger partial charge in [0.25, 0.3) is 0 Å². The number of benzene rings is 1. The molecular weight excluding hydrogens is 515 g/mol. The Labute approximate surface area is 201 Å². The molecule has 1 aromatic carbocycles. The molecule has 1 aromatic heterocycles. The third-order valence-corrected chi connectivity index (χ3v) is 4.44. The van der Waals surface area contributed by atoms with E-state index in [1.165, 1.54) is 5.56 Å². The van der Waals surface area contributed by atoms with Crippen LogP contribution in [0.5, 0.6) is 5.75 Å². The number of nitrogens with one attached hydrogen (secondary N) is 2. The van der Waals surface area contributed by atoms with E-state index in [1.54, 1.807) is 13.3 Å². The van der Waals surface area contributed by atoms with Gasteiger partial charge in [-0.05, 0) is 43.5 Å². The van der Waals surface area contributed by atoms with E-state index in [2.05, 4.69) is 47.7 Å². The first kappa shape index (κ1) is 26.5. The molecule has 1 heterocycles. The summed E-state index contributed by atoms with van der Waals surface area (Å²) >= 11 is 5.83. The van der Waals surface area contributed by atoms with Gasteiger partial charge < -0.3 is 20.1 Å². The summed E-state index contributed by atoms with van der Waals surface area (Å²) < 4.78 is 11.0. The molecule has 0 radical (unpaired) electrons. The lowest BCUT2D eigenvalue weighted by Crippen LogP contribution is -2.38. The summed E-state index contributed by atoms with van der Waals surface area (Å²) in [6.45, 7) is 7.52. The smallest absolute Gasteiger partial charge is 0.191 e. The highest BCUT2D eigenvalue weighted by Gasteiger charge is 2.05. The zero-order chi connectivity index (χ0) is 20.9. The Balaban J connectivity index is 0.00000450. The molecule has 0 amide bonds. The molecule has 0 fully saturated rings. The van der Waals surface area contributed by atoms with Crippen LogP contribution in [0.15, 0.2) is 41.5 Å². The predicted octanol–water partition coefficient (Wildman–Crippen LogP) is 4.37. The summed E-state index contributed by atoms with van der Waals surface area (Å²) in [5.41, 5.74) is 3.36. The molecule has 0 unspecified atom stereocenters. The first-order chi connectivity index (χ1) is 14.1. The van der Waals surface area contributed by atoms with Gasteiger partial charge in [-0.1, -0.05) is 29.8 Å². The zero-order valence-corrected chi connectivity index (χ0v) is 21.0. The van der Waals surface area contributed by atoms with Crippen LogP contribution in [0.2, 0.25) is 5.15 Å². The maximum absolute atomic E-state index is 5.95. The summed E-state index contributed by atoms with van der Waals surface area (Å²) in [6.07, 6.45) is 3.50. The minimum atomic E-state index is 0. The molecule has 0 bridgehead atoms. The maximum atomic E-state index is 5.95. The molecule has 0 aliphatic heterocycles. The first-order valence-electron chi connectivity index (χ1n) is 9.96. The highest BCUT2D eigenvalue weighted by atomic mass is 127.